The number of hydrogen-bond donors (Lipinski definition) is 16. The molecule has 2 aromatic carbocycles. The molecule has 1 saturated heterocycles. The summed E-state index contributed by atoms with van der Waals surface area (Å²) in [6.45, 7) is 7.08. The fourth-order valence-corrected chi connectivity index (χ4v) is 8.68. The molecule has 28 heteroatoms. The molecule has 81 heavy (non-hydrogen) atoms. The zero-order valence-corrected chi connectivity index (χ0v) is 45.4. The van der Waals surface area contributed by atoms with Gasteiger partial charge in [0.1, 0.15) is 54.4 Å². The van der Waals surface area contributed by atoms with Crippen LogP contribution in [0.2, 0.25) is 0 Å². The van der Waals surface area contributed by atoms with Gasteiger partial charge in [0.05, 0.1) is 37.6 Å². The molecule has 0 bridgehead atoms. The lowest BCUT2D eigenvalue weighted by Crippen LogP contribution is -2.63. The van der Waals surface area contributed by atoms with Crippen LogP contribution in [0.1, 0.15) is 71.2 Å². The molecule has 5 rings (SSSR count). The van der Waals surface area contributed by atoms with Gasteiger partial charge in [0, 0.05) is 48.3 Å². The first-order valence-corrected chi connectivity index (χ1v) is 26.1. The summed E-state index contributed by atoms with van der Waals surface area (Å²) in [5.74, 6) is -12.6. The van der Waals surface area contributed by atoms with Crippen LogP contribution in [0.3, 0.4) is 0 Å². The number of H-pyrrole nitrogens is 2. The van der Waals surface area contributed by atoms with Gasteiger partial charge in [-0.25, -0.2) is 4.98 Å². The molecule has 16 N–H and O–H groups in total. The van der Waals surface area contributed by atoms with Crippen LogP contribution in [0.25, 0.3) is 10.9 Å². The number of benzene rings is 2. The molecule has 0 unspecified atom stereocenters. The van der Waals surface area contributed by atoms with Crippen molar-refractivity contribution in [2.75, 3.05) is 6.54 Å². The van der Waals surface area contributed by atoms with Crippen molar-refractivity contribution in [2.24, 2.45) is 5.92 Å². The van der Waals surface area contributed by atoms with E-state index in [9.17, 15) is 73.2 Å². The van der Waals surface area contributed by atoms with E-state index in [1.807, 2.05) is 0 Å². The Bertz CT molecular complexity index is 2880. The first-order chi connectivity index (χ1) is 38.3. The predicted molar refractivity (Wildman–Crippen MR) is 287 cm³/mol. The summed E-state index contributed by atoms with van der Waals surface area (Å²) in [6.07, 6.45) is -2.67. The number of imidazole rings is 1. The molecule has 4 aromatic rings. The fraction of sp³-hybridized carbons (Fsp3) is 0.472. The number of carbonyl (C=O) groups excluding carboxylic acids is 10. The van der Waals surface area contributed by atoms with E-state index < -0.39 is 151 Å². The minimum absolute atomic E-state index is 0.130. The molecule has 12 atom stereocenters. The Balaban J connectivity index is 1.55. The van der Waals surface area contributed by atoms with E-state index in [0.29, 0.717) is 27.7 Å². The van der Waals surface area contributed by atoms with Gasteiger partial charge in [-0.05, 0) is 57.2 Å². The van der Waals surface area contributed by atoms with Crippen molar-refractivity contribution in [3.05, 3.63) is 90.1 Å². The quantitative estimate of drug-likeness (QED) is 0.0608. The van der Waals surface area contributed by atoms with Crippen LogP contribution in [0.15, 0.2) is 73.3 Å². The van der Waals surface area contributed by atoms with Crippen molar-refractivity contribution in [2.45, 2.75) is 146 Å². The summed E-state index contributed by atoms with van der Waals surface area (Å²) in [6, 6.07) is 0.245. The summed E-state index contributed by atoms with van der Waals surface area (Å²) in [4.78, 5) is 162. The molecule has 3 heterocycles. The molecule has 1 aliphatic heterocycles. The maximum Gasteiger partial charge on any atom is 0.305 e. The number of para-hydroxylation sites is 1. The first-order valence-electron chi connectivity index (χ1n) is 26.1. The number of nitrogens with one attached hydrogen (secondary N) is 12. The second kappa shape index (κ2) is 29.5. The normalized spacial score (nSPS) is 25.2. The lowest BCUT2D eigenvalue weighted by atomic mass is 10.0. The van der Waals surface area contributed by atoms with E-state index in [0.717, 1.165) is 20.8 Å². The molecule has 0 radical (unpaired) electrons. The lowest BCUT2D eigenvalue weighted by Gasteiger charge is -2.29. The number of aromatic amines is 2. The van der Waals surface area contributed by atoms with Gasteiger partial charge >= 0.3 is 5.97 Å². The number of carboxylic acids is 1. The van der Waals surface area contributed by atoms with Crippen molar-refractivity contribution in [3.8, 4) is 0 Å². The van der Waals surface area contributed by atoms with E-state index in [1.54, 1.807) is 74.6 Å². The van der Waals surface area contributed by atoms with Crippen LogP contribution in [-0.2, 0) is 72.0 Å². The summed E-state index contributed by atoms with van der Waals surface area (Å²) < 4.78 is 0. The van der Waals surface area contributed by atoms with Gasteiger partial charge in [-0.3, -0.25) is 52.7 Å². The molecule has 1 aliphatic rings. The van der Waals surface area contributed by atoms with E-state index in [1.165, 1.54) is 19.4 Å². The van der Waals surface area contributed by atoms with Gasteiger partial charge in [0.2, 0.25) is 59.1 Å². The van der Waals surface area contributed by atoms with Crippen LogP contribution >= 0.6 is 0 Å². The Labute approximate surface area is 464 Å². The number of hydrogen-bond acceptors (Lipinski definition) is 15. The van der Waals surface area contributed by atoms with E-state index in [2.05, 4.69) is 68.1 Å². The smallest absolute Gasteiger partial charge is 0.305 e. The van der Waals surface area contributed by atoms with Crippen molar-refractivity contribution in [1.82, 2.24) is 68.1 Å². The monoisotopic (exact) mass is 1130 g/mol. The van der Waals surface area contributed by atoms with Crippen molar-refractivity contribution in [3.63, 3.8) is 0 Å². The zero-order valence-electron chi connectivity index (χ0n) is 45.4. The topological polar surface area (TPSA) is 433 Å². The second-order valence-electron chi connectivity index (χ2n) is 20.3. The third-order valence-corrected chi connectivity index (χ3v) is 13.0. The third kappa shape index (κ3) is 18.7. The van der Waals surface area contributed by atoms with Crippen molar-refractivity contribution >= 4 is 75.9 Å². The summed E-state index contributed by atoms with van der Waals surface area (Å²) in [5.41, 5.74) is 2.07. The Kier molecular flexibility index (Phi) is 22.9. The second-order valence-corrected chi connectivity index (χ2v) is 20.3. The van der Waals surface area contributed by atoms with Gasteiger partial charge < -0.3 is 83.6 Å². The minimum Gasteiger partial charge on any atom is -0.481 e. The van der Waals surface area contributed by atoms with E-state index >= 15 is 0 Å². The number of carbonyl (C=O) groups is 11. The number of rotatable bonds is 13. The van der Waals surface area contributed by atoms with Crippen molar-refractivity contribution < 1.29 is 73.2 Å². The van der Waals surface area contributed by atoms with Crippen LogP contribution in [0, 0.1) is 5.92 Å². The highest BCUT2D eigenvalue weighted by atomic mass is 16.4. The van der Waals surface area contributed by atoms with Gasteiger partial charge in [0.25, 0.3) is 0 Å². The van der Waals surface area contributed by atoms with Gasteiger partial charge in [0.15, 0.2) is 0 Å². The van der Waals surface area contributed by atoms with Gasteiger partial charge in [-0.15, -0.1) is 0 Å². The molecule has 0 spiro atoms. The Morgan fingerprint density at radius 1 is 0.543 bits per heavy atom. The molecule has 10 amide bonds. The third-order valence-electron chi connectivity index (χ3n) is 13.0. The molecule has 0 saturated carbocycles. The van der Waals surface area contributed by atoms with Crippen LogP contribution < -0.4 is 53.2 Å². The minimum atomic E-state index is -1.90. The molecular formula is C53H71N13O15. The summed E-state index contributed by atoms with van der Waals surface area (Å²) >= 11 is 0. The molecule has 1 fully saturated rings. The predicted octanol–water partition coefficient (Wildman–Crippen LogP) is -3.91. The van der Waals surface area contributed by atoms with Crippen molar-refractivity contribution in [1.29, 1.82) is 0 Å². The highest BCUT2D eigenvalue weighted by molar-refractivity contribution is 6.00. The highest BCUT2D eigenvalue weighted by Gasteiger charge is 2.38. The number of fused-ring (bicyclic) bond motifs is 1. The summed E-state index contributed by atoms with van der Waals surface area (Å²) in [5, 5.41) is 67.0. The zero-order chi connectivity index (χ0) is 59.7. The fourth-order valence-electron chi connectivity index (χ4n) is 8.68. The average Bonchev–Trinajstić information content (AvgIpc) is 4.09. The SMILES string of the molecule is CC(C)C[C@@H]1NC(=O)[C@H]([C@@H](C)O)NC(=O)[C@H](Cc2ccccc2)NC(=O)CNC(=O)[C@H](Cc2c[nH]c3ccccc23)NC(=O)[C@H](Cc2cnc[nH]2)NC(=O)[C@H]([C@@H](C)O)NC(=O)[C@H]([C@@H](C)O)NC(=O)[C@H](C)NC(=O)[C@H](CC(=O)O)NC1=O. The van der Waals surface area contributed by atoms with Crippen LogP contribution in [-0.4, -0.2) is 180 Å². The number of aliphatic hydroxyl groups is 3. The lowest BCUT2D eigenvalue weighted by molar-refractivity contribution is -0.142. The van der Waals surface area contributed by atoms with Crippen LogP contribution in [0.4, 0.5) is 0 Å². The van der Waals surface area contributed by atoms with Gasteiger partial charge in [-0.2, -0.15) is 0 Å². The number of aliphatic hydroxyl groups excluding tert-OH is 3. The maximum absolute atomic E-state index is 14.5. The van der Waals surface area contributed by atoms with Gasteiger partial charge in [-0.1, -0.05) is 62.4 Å². The Morgan fingerprint density at radius 2 is 1.04 bits per heavy atom. The summed E-state index contributed by atoms with van der Waals surface area (Å²) in [7, 11) is 0. The maximum atomic E-state index is 14.5. The van der Waals surface area contributed by atoms with Crippen LogP contribution in [0.5, 0.6) is 0 Å². The number of nitrogens with zero attached hydrogens (tertiary/aromatic N) is 1. The number of amides is 10. The van der Waals surface area contributed by atoms with E-state index in [4.69, 9.17) is 0 Å². The Morgan fingerprint density at radius 3 is 1.63 bits per heavy atom. The largest absolute Gasteiger partial charge is 0.481 e. The first kappa shape index (κ1) is 63.1. The number of aliphatic carboxylic acids is 1. The molecule has 28 nitrogen and oxygen atoms in total. The number of aromatic nitrogens is 3. The van der Waals surface area contributed by atoms with E-state index in [-0.39, 0.29) is 31.6 Å². The average molecular weight is 1130 g/mol. The molecule has 438 valence electrons. The molecule has 2 aromatic heterocycles. The highest BCUT2D eigenvalue weighted by Crippen LogP contribution is 2.20. The molecule has 0 aliphatic carbocycles. The standard InChI is InChI=1S/C53H71N13O15/c1-25(2)16-35-48(76)61-39(20-41(71)72)47(75)58-26(3)45(73)64-44(29(6)69)53(81)66-43(28(5)68)52(80)63-38(19-32-22-54-24-57-32)49(77)60-37(18-31-21-55-34-15-11-10-14-33(31)34)46(74)56-23-40(70)59-36(17-30-12-8-7-9-13-30)50(78)65-42(27(4)67)51(79)62-35/h7-15,21-22,24-29,35-39,42-44,55,67-69H,16-20,23H2,1-6H3,(H,54,57)(H,56,74)(H,58,75)(H,59,70)(H,60,77)(H,61,76)(H,62,79)(H,63,80)(H,64,73)(H,65,78)(H,66,81)(H,71,72)/t26-,27+,28+,29+,35-,36-,37-,38-,39-,42-,43-,44-/m0/s1. The molecular weight excluding hydrogens is 1060 g/mol. The Hall–Kier alpha value is -8.76. The number of carboxylic acid groups (broad SMARTS) is 1.